The molecule has 3 heterocycles. The number of carboxylic acid groups (broad SMARTS) is 1. The molecule has 5 aromatic rings. The van der Waals surface area contributed by atoms with E-state index in [1.807, 2.05) is 13.8 Å². The van der Waals surface area contributed by atoms with E-state index in [0.29, 0.717) is 38.2 Å². The van der Waals surface area contributed by atoms with Crippen LogP contribution in [0.15, 0.2) is 63.7 Å². The second kappa shape index (κ2) is 11.5. The minimum atomic E-state index is -4.85. The van der Waals surface area contributed by atoms with Crippen molar-refractivity contribution in [3.63, 3.8) is 0 Å². The standard InChI is InChI=1S/C28H19Cl2F3N4O5/c1-13(2)24-17(22(37-42-24)21-19(29)4-3-5-20(21)30)12-40-16-10-18(28(31,32)33)23(34-11-16)26-36-35-25(41-26)14-6-8-15(9-7-14)27(38)39/h3-11,13H,12H2,1-2H3,(H,38,39). The lowest BCUT2D eigenvalue weighted by atomic mass is 10.0. The zero-order valence-electron chi connectivity index (χ0n) is 21.7. The lowest BCUT2D eigenvalue weighted by Gasteiger charge is -2.13. The number of pyridine rings is 1. The van der Waals surface area contributed by atoms with Gasteiger partial charge in [0.05, 0.1) is 32.9 Å². The molecule has 0 fully saturated rings. The van der Waals surface area contributed by atoms with Crippen molar-refractivity contribution < 1.29 is 36.7 Å². The van der Waals surface area contributed by atoms with E-state index in [1.165, 1.54) is 24.3 Å². The number of ether oxygens (including phenoxy) is 1. The van der Waals surface area contributed by atoms with Crippen LogP contribution < -0.4 is 4.74 Å². The highest BCUT2D eigenvalue weighted by atomic mass is 35.5. The molecule has 0 spiro atoms. The third-order valence-corrected chi connectivity index (χ3v) is 6.73. The SMILES string of the molecule is CC(C)c1onc(-c2c(Cl)cccc2Cl)c1COc1cnc(-c2nnc(-c3ccc(C(=O)O)cc3)o2)c(C(F)(F)F)c1. The number of aromatic nitrogens is 4. The minimum absolute atomic E-state index is 0.0175. The second-order valence-electron chi connectivity index (χ2n) is 9.27. The van der Waals surface area contributed by atoms with E-state index in [0.717, 1.165) is 12.3 Å². The number of nitrogens with zero attached hydrogens (tertiary/aromatic N) is 4. The molecule has 42 heavy (non-hydrogen) atoms. The van der Waals surface area contributed by atoms with Gasteiger partial charge in [0.15, 0.2) is 0 Å². The van der Waals surface area contributed by atoms with Gasteiger partial charge in [-0.1, -0.05) is 48.3 Å². The smallest absolute Gasteiger partial charge is 0.418 e. The predicted octanol–water partition coefficient (Wildman–Crippen LogP) is 8.18. The van der Waals surface area contributed by atoms with Gasteiger partial charge >= 0.3 is 12.1 Å². The largest absolute Gasteiger partial charge is 0.487 e. The lowest BCUT2D eigenvalue weighted by molar-refractivity contribution is -0.137. The Kier molecular flexibility index (Phi) is 7.93. The summed E-state index contributed by atoms with van der Waals surface area (Å²) in [6.45, 7) is 3.50. The molecule has 0 amide bonds. The fraction of sp³-hybridized carbons (Fsp3) is 0.179. The maximum absolute atomic E-state index is 14.1. The van der Waals surface area contributed by atoms with Gasteiger partial charge in [-0.05, 0) is 42.5 Å². The highest BCUT2D eigenvalue weighted by molar-refractivity contribution is 6.39. The summed E-state index contributed by atoms with van der Waals surface area (Å²) in [5.74, 6) is -1.61. The van der Waals surface area contributed by atoms with Crippen LogP contribution in [0.3, 0.4) is 0 Å². The van der Waals surface area contributed by atoms with Gasteiger partial charge in [-0.3, -0.25) is 0 Å². The van der Waals surface area contributed by atoms with Crippen molar-refractivity contribution in [2.75, 3.05) is 0 Å². The number of hydrogen-bond acceptors (Lipinski definition) is 8. The first-order chi connectivity index (χ1) is 19.9. The summed E-state index contributed by atoms with van der Waals surface area (Å²) in [5.41, 5.74) is -0.255. The summed E-state index contributed by atoms with van der Waals surface area (Å²) in [5, 5.41) is 21.3. The molecule has 216 valence electrons. The Hall–Kier alpha value is -4.42. The first-order valence-electron chi connectivity index (χ1n) is 12.2. The van der Waals surface area contributed by atoms with Crippen molar-refractivity contribution in [1.82, 2.24) is 20.3 Å². The Labute approximate surface area is 245 Å². The van der Waals surface area contributed by atoms with Crippen molar-refractivity contribution in [1.29, 1.82) is 0 Å². The molecule has 5 rings (SSSR count). The third-order valence-electron chi connectivity index (χ3n) is 6.10. The third kappa shape index (κ3) is 5.81. The van der Waals surface area contributed by atoms with Crippen LogP contribution in [0, 0.1) is 0 Å². The summed E-state index contributed by atoms with van der Waals surface area (Å²) >= 11 is 12.7. The fourth-order valence-electron chi connectivity index (χ4n) is 4.09. The maximum atomic E-state index is 14.1. The molecule has 2 aromatic carbocycles. The molecule has 14 heteroatoms. The van der Waals surface area contributed by atoms with Gasteiger partial charge in [0.1, 0.15) is 29.5 Å². The average molecular weight is 619 g/mol. The van der Waals surface area contributed by atoms with Gasteiger partial charge < -0.3 is 18.8 Å². The van der Waals surface area contributed by atoms with Crippen molar-refractivity contribution in [2.45, 2.75) is 32.5 Å². The van der Waals surface area contributed by atoms with E-state index in [9.17, 15) is 18.0 Å². The summed E-state index contributed by atoms with van der Waals surface area (Å²) in [6.07, 6.45) is -3.75. The van der Waals surface area contributed by atoms with E-state index < -0.39 is 29.3 Å². The van der Waals surface area contributed by atoms with Crippen molar-refractivity contribution in [3.8, 4) is 40.0 Å². The molecule has 0 aliphatic carbocycles. The van der Waals surface area contributed by atoms with Gasteiger partial charge in [0.25, 0.3) is 5.89 Å². The normalized spacial score (nSPS) is 11.7. The Morgan fingerprint density at radius 3 is 2.31 bits per heavy atom. The summed E-state index contributed by atoms with van der Waals surface area (Å²) in [6, 6.07) is 11.1. The van der Waals surface area contributed by atoms with Crippen LogP contribution in [0.2, 0.25) is 10.0 Å². The monoisotopic (exact) mass is 618 g/mol. The molecule has 0 saturated heterocycles. The maximum Gasteiger partial charge on any atom is 0.418 e. The first kappa shape index (κ1) is 29.1. The van der Waals surface area contributed by atoms with E-state index in [1.54, 1.807) is 18.2 Å². The Morgan fingerprint density at radius 2 is 1.69 bits per heavy atom. The number of halogens is 5. The topological polar surface area (TPSA) is 124 Å². The Bertz CT molecular complexity index is 1750. The van der Waals surface area contributed by atoms with Crippen LogP contribution in [-0.2, 0) is 12.8 Å². The molecule has 0 saturated carbocycles. The molecule has 3 aromatic heterocycles. The molecular formula is C28H19Cl2F3N4O5. The number of rotatable bonds is 8. The molecule has 0 atom stereocenters. The Morgan fingerprint density at radius 1 is 1.02 bits per heavy atom. The van der Waals surface area contributed by atoms with Crippen LogP contribution in [0.25, 0.3) is 34.3 Å². The van der Waals surface area contributed by atoms with Crippen LogP contribution in [0.5, 0.6) is 5.75 Å². The summed E-state index contributed by atoms with van der Waals surface area (Å²) < 4.78 is 59.1. The van der Waals surface area contributed by atoms with Crippen LogP contribution in [0.4, 0.5) is 13.2 Å². The molecule has 0 radical (unpaired) electrons. The van der Waals surface area contributed by atoms with Crippen LogP contribution in [-0.4, -0.2) is 31.4 Å². The number of benzene rings is 2. The number of hydrogen-bond donors (Lipinski definition) is 1. The number of aromatic carboxylic acids is 1. The van der Waals surface area contributed by atoms with E-state index in [2.05, 4.69) is 20.3 Å². The average Bonchev–Trinajstić information content (AvgIpc) is 3.59. The highest BCUT2D eigenvalue weighted by Crippen LogP contribution is 2.40. The second-order valence-corrected chi connectivity index (χ2v) is 10.1. The minimum Gasteiger partial charge on any atom is -0.487 e. The summed E-state index contributed by atoms with van der Waals surface area (Å²) in [4.78, 5) is 15.0. The molecule has 1 N–H and O–H groups in total. The van der Waals surface area contributed by atoms with E-state index >= 15 is 0 Å². The van der Waals surface area contributed by atoms with Gasteiger partial charge in [-0.15, -0.1) is 10.2 Å². The first-order valence-corrected chi connectivity index (χ1v) is 13.0. The van der Waals surface area contributed by atoms with Crippen molar-refractivity contribution in [3.05, 3.63) is 87.2 Å². The van der Waals surface area contributed by atoms with E-state index in [-0.39, 0.29) is 29.7 Å². The van der Waals surface area contributed by atoms with Crippen LogP contribution >= 0.6 is 23.2 Å². The van der Waals surface area contributed by atoms with Gasteiger partial charge in [0.2, 0.25) is 5.89 Å². The Balaban J connectivity index is 1.46. The number of alkyl halides is 3. The van der Waals surface area contributed by atoms with Gasteiger partial charge in [0, 0.05) is 17.0 Å². The van der Waals surface area contributed by atoms with Crippen molar-refractivity contribution in [2.24, 2.45) is 0 Å². The molecular weight excluding hydrogens is 600 g/mol. The van der Waals surface area contributed by atoms with Crippen molar-refractivity contribution >= 4 is 29.2 Å². The predicted molar refractivity (Wildman–Crippen MR) is 145 cm³/mol. The quantitative estimate of drug-likeness (QED) is 0.183. The van der Waals surface area contributed by atoms with Crippen LogP contribution in [0.1, 0.15) is 47.0 Å². The number of carboxylic acids is 1. The zero-order valence-corrected chi connectivity index (χ0v) is 23.3. The molecule has 0 unspecified atom stereocenters. The zero-order chi connectivity index (χ0) is 30.2. The van der Waals surface area contributed by atoms with Gasteiger partial charge in [-0.2, -0.15) is 13.2 Å². The lowest BCUT2D eigenvalue weighted by Crippen LogP contribution is -2.10. The number of carbonyl (C=O) groups is 1. The molecule has 0 aliphatic rings. The van der Waals surface area contributed by atoms with Gasteiger partial charge in [-0.25, -0.2) is 9.78 Å². The molecule has 0 bridgehead atoms. The summed E-state index contributed by atoms with van der Waals surface area (Å²) in [7, 11) is 0. The van der Waals surface area contributed by atoms with E-state index in [4.69, 9.17) is 42.0 Å². The fourth-order valence-corrected chi connectivity index (χ4v) is 4.67. The molecule has 9 nitrogen and oxygen atoms in total. The highest BCUT2D eigenvalue weighted by Gasteiger charge is 2.37. The molecule has 0 aliphatic heterocycles.